The largest absolute Gasteiger partial charge is 0.460 e. The smallest absolute Gasteiger partial charge is 0.439 e. The Bertz CT molecular complexity index is 682. The molecule has 0 spiro atoms. The van der Waals surface area contributed by atoms with Gasteiger partial charge in [0, 0.05) is 6.42 Å². The Morgan fingerprint density at radius 3 is 2.57 bits per heavy atom. The lowest BCUT2D eigenvalue weighted by Gasteiger charge is -2.12. The van der Waals surface area contributed by atoms with Crippen molar-refractivity contribution < 1.29 is 27.1 Å². The van der Waals surface area contributed by atoms with Crippen LogP contribution in [0.25, 0.3) is 10.8 Å². The van der Waals surface area contributed by atoms with Crippen molar-refractivity contribution in [2.24, 2.45) is 0 Å². The number of benzene rings is 2. The van der Waals surface area contributed by atoms with Gasteiger partial charge in [0.2, 0.25) is 11.1 Å². The van der Waals surface area contributed by atoms with E-state index in [9.17, 15) is 17.8 Å². The summed E-state index contributed by atoms with van der Waals surface area (Å²) in [4.78, 5) is 11.0. The molecule has 7 heteroatoms. The Balaban J connectivity index is 2.03. The molecule has 1 unspecified atom stereocenters. The maximum absolute atomic E-state index is 12.9. The molecule has 0 aliphatic heterocycles. The van der Waals surface area contributed by atoms with Crippen LogP contribution in [0.15, 0.2) is 42.5 Å². The molecule has 112 valence electrons. The zero-order valence-corrected chi connectivity index (χ0v) is 11.6. The van der Waals surface area contributed by atoms with Crippen LogP contribution in [-0.2, 0) is 27.0 Å². The van der Waals surface area contributed by atoms with E-state index in [2.05, 4.69) is 4.74 Å². The molecule has 2 aromatic carbocycles. The number of hydrogen-bond donors (Lipinski definition) is 1. The normalized spacial score (nSPS) is 13.1. The fraction of sp³-hybridized carbons (Fsp3) is 0.214. The van der Waals surface area contributed by atoms with Gasteiger partial charge >= 0.3 is 11.2 Å². The molecular formula is C14H12F2O4S. The van der Waals surface area contributed by atoms with Crippen LogP contribution in [0.4, 0.5) is 8.78 Å². The molecule has 0 saturated carbocycles. The number of halogens is 2. The molecule has 1 atom stereocenters. The molecule has 2 rings (SSSR count). The second kappa shape index (κ2) is 6.28. The molecule has 1 N–H and O–H groups in total. The molecule has 21 heavy (non-hydrogen) atoms. The van der Waals surface area contributed by atoms with E-state index in [1.54, 1.807) is 6.07 Å². The number of alkyl halides is 2. The highest BCUT2D eigenvalue weighted by Crippen LogP contribution is 2.21. The summed E-state index contributed by atoms with van der Waals surface area (Å²) in [5.41, 5.74) is 0.842. The number of ether oxygens (including phenoxy) is 1. The lowest BCUT2D eigenvalue weighted by molar-refractivity contribution is -0.160. The van der Waals surface area contributed by atoms with Crippen LogP contribution >= 0.6 is 0 Å². The van der Waals surface area contributed by atoms with Gasteiger partial charge in [-0.3, -0.25) is 0 Å². The van der Waals surface area contributed by atoms with Crippen LogP contribution in [0.5, 0.6) is 0 Å². The summed E-state index contributed by atoms with van der Waals surface area (Å²) in [7, 11) is 0. The first-order valence-electron chi connectivity index (χ1n) is 6.05. The zero-order chi connectivity index (χ0) is 15.5. The molecule has 0 aromatic heterocycles. The third kappa shape index (κ3) is 3.43. The predicted octanol–water partition coefficient (Wildman–Crippen LogP) is 2.74. The van der Waals surface area contributed by atoms with Crippen molar-refractivity contribution in [1.29, 1.82) is 0 Å². The monoisotopic (exact) mass is 314 g/mol. The molecule has 4 nitrogen and oxygen atoms in total. The van der Waals surface area contributed by atoms with E-state index < -0.39 is 22.3 Å². The summed E-state index contributed by atoms with van der Waals surface area (Å²) in [6, 6.07) is 13.0. The Morgan fingerprint density at radius 1 is 1.19 bits per heavy atom. The quantitative estimate of drug-likeness (QED) is 0.681. The Hall–Kier alpha value is -1.86. The van der Waals surface area contributed by atoms with Crippen LogP contribution < -0.4 is 0 Å². The number of hydrogen-bond acceptors (Lipinski definition) is 3. The molecule has 2 aromatic rings. The summed E-state index contributed by atoms with van der Waals surface area (Å²) < 4.78 is 48.8. The Morgan fingerprint density at radius 2 is 1.86 bits per heavy atom. The molecule has 0 amide bonds. The minimum atomic E-state index is -4.40. The lowest BCUT2D eigenvalue weighted by Crippen LogP contribution is -2.35. The van der Waals surface area contributed by atoms with Crippen LogP contribution in [0, 0.1) is 0 Å². The summed E-state index contributed by atoms with van der Waals surface area (Å²) in [6.45, 7) is -0.292. The second-order valence-electron chi connectivity index (χ2n) is 4.29. The molecule has 0 radical (unpaired) electrons. The first-order valence-corrected chi connectivity index (χ1v) is 7.16. The summed E-state index contributed by atoms with van der Waals surface area (Å²) in [5.74, 6) is -2.00. The van der Waals surface area contributed by atoms with Crippen LogP contribution in [0.1, 0.15) is 5.56 Å². The molecular weight excluding hydrogens is 302 g/mol. The SMILES string of the molecule is O=C(OCCc1cccc2ccccc12)C(F)(F)S(=O)O. The molecule has 0 aliphatic rings. The Labute approximate surface area is 122 Å². The van der Waals surface area contributed by atoms with Gasteiger partial charge in [-0.1, -0.05) is 42.5 Å². The lowest BCUT2D eigenvalue weighted by atomic mass is 10.0. The highest BCUT2D eigenvalue weighted by Gasteiger charge is 2.47. The highest BCUT2D eigenvalue weighted by molar-refractivity contribution is 7.81. The van der Waals surface area contributed by atoms with Crippen molar-refractivity contribution in [1.82, 2.24) is 0 Å². The van der Waals surface area contributed by atoms with E-state index in [0.717, 1.165) is 16.3 Å². The maximum Gasteiger partial charge on any atom is 0.439 e. The maximum atomic E-state index is 12.9. The summed E-state index contributed by atoms with van der Waals surface area (Å²) >= 11 is -3.58. The standard InChI is InChI=1S/C14H12F2O4S/c15-14(16,21(18)19)13(17)20-9-8-11-6-3-5-10-4-1-2-7-12(10)11/h1-7H,8-9H2,(H,18,19). The van der Waals surface area contributed by atoms with E-state index >= 15 is 0 Å². The third-order valence-electron chi connectivity index (χ3n) is 2.94. The highest BCUT2D eigenvalue weighted by atomic mass is 32.2. The van der Waals surface area contributed by atoms with Crippen molar-refractivity contribution in [2.75, 3.05) is 6.61 Å². The van der Waals surface area contributed by atoms with Gasteiger partial charge < -0.3 is 9.29 Å². The first-order chi connectivity index (χ1) is 9.93. The first kappa shape index (κ1) is 15.5. The Kier molecular flexibility index (Phi) is 4.64. The van der Waals surface area contributed by atoms with Crippen LogP contribution in [-0.4, -0.2) is 26.6 Å². The van der Waals surface area contributed by atoms with Crippen molar-refractivity contribution in [3.8, 4) is 0 Å². The van der Waals surface area contributed by atoms with Crippen molar-refractivity contribution in [3.63, 3.8) is 0 Å². The van der Waals surface area contributed by atoms with Crippen molar-refractivity contribution in [2.45, 2.75) is 11.7 Å². The van der Waals surface area contributed by atoms with Gasteiger partial charge in [0.25, 0.3) is 0 Å². The fourth-order valence-corrected chi connectivity index (χ4v) is 2.12. The van der Waals surface area contributed by atoms with E-state index in [1.165, 1.54) is 0 Å². The average molecular weight is 314 g/mol. The molecule has 0 heterocycles. The van der Waals surface area contributed by atoms with Gasteiger partial charge in [-0.05, 0) is 16.3 Å². The van der Waals surface area contributed by atoms with Gasteiger partial charge in [-0.2, -0.15) is 8.78 Å². The number of carbonyl (C=O) groups is 1. The minimum absolute atomic E-state index is 0.237. The number of esters is 1. The predicted molar refractivity (Wildman–Crippen MR) is 74.3 cm³/mol. The van der Waals surface area contributed by atoms with Crippen LogP contribution in [0.3, 0.4) is 0 Å². The zero-order valence-electron chi connectivity index (χ0n) is 10.8. The minimum Gasteiger partial charge on any atom is -0.460 e. The second-order valence-corrected chi connectivity index (χ2v) is 5.30. The van der Waals surface area contributed by atoms with Crippen molar-refractivity contribution >= 4 is 27.8 Å². The van der Waals surface area contributed by atoms with E-state index in [-0.39, 0.29) is 13.0 Å². The number of rotatable bonds is 5. The molecule has 0 bridgehead atoms. The van der Waals surface area contributed by atoms with Gasteiger partial charge in [0.15, 0.2) is 0 Å². The molecule has 0 aliphatic carbocycles. The average Bonchev–Trinajstić information content (AvgIpc) is 2.47. The summed E-state index contributed by atoms with van der Waals surface area (Å²) in [5, 5.41) is -2.48. The van der Waals surface area contributed by atoms with Gasteiger partial charge in [-0.25, -0.2) is 9.00 Å². The topological polar surface area (TPSA) is 63.6 Å². The molecule has 0 saturated heterocycles. The van der Waals surface area contributed by atoms with Gasteiger partial charge in [0.05, 0.1) is 6.61 Å². The van der Waals surface area contributed by atoms with E-state index in [1.807, 2.05) is 36.4 Å². The van der Waals surface area contributed by atoms with E-state index in [4.69, 9.17) is 4.55 Å². The third-order valence-corrected chi connectivity index (χ3v) is 3.55. The van der Waals surface area contributed by atoms with Crippen LogP contribution in [0.2, 0.25) is 0 Å². The van der Waals surface area contributed by atoms with E-state index in [0.29, 0.717) is 0 Å². The number of carbonyl (C=O) groups excluding carboxylic acids is 1. The van der Waals surface area contributed by atoms with Crippen molar-refractivity contribution in [3.05, 3.63) is 48.0 Å². The van der Waals surface area contributed by atoms with Gasteiger partial charge in [-0.15, -0.1) is 0 Å². The van der Waals surface area contributed by atoms with Gasteiger partial charge in [0.1, 0.15) is 0 Å². The summed E-state index contributed by atoms with van der Waals surface area (Å²) in [6.07, 6.45) is 0.237. The fourth-order valence-electron chi connectivity index (χ4n) is 1.92. The number of fused-ring (bicyclic) bond motifs is 1. The molecule has 0 fully saturated rings.